The van der Waals surface area contributed by atoms with Gasteiger partial charge in [0.15, 0.2) is 0 Å². The Morgan fingerprint density at radius 3 is 2.58 bits per heavy atom. The average Bonchev–Trinajstić information content (AvgIpc) is 1.99. The first-order valence-corrected chi connectivity index (χ1v) is 5.12. The Morgan fingerprint density at radius 1 is 1.58 bits per heavy atom. The number of carbonyl (C=O) groups is 1. The first-order valence-electron chi connectivity index (χ1n) is 4.07. The first kappa shape index (κ1) is 11.8. The maximum absolute atomic E-state index is 10.2. The average molecular weight is 192 g/mol. The van der Waals surface area contributed by atoms with E-state index in [1.165, 1.54) is 11.8 Å². The molecule has 2 unspecified atom stereocenters. The van der Waals surface area contributed by atoms with E-state index < -0.39 is 5.97 Å². The van der Waals surface area contributed by atoms with Crippen LogP contribution in [0.5, 0.6) is 0 Å². The zero-order chi connectivity index (χ0) is 9.56. The fourth-order valence-electron chi connectivity index (χ4n) is 0.698. The molecule has 0 aromatic heterocycles. The quantitative estimate of drug-likeness (QED) is 0.667. The van der Waals surface area contributed by atoms with Crippen molar-refractivity contribution in [3.63, 3.8) is 0 Å². The van der Waals surface area contributed by atoms with Gasteiger partial charge in [-0.3, -0.25) is 4.79 Å². The number of hydrogen-bond donors (Lipinski definition) is 2. The molecule has 4 heteroatoms. The van der Waals surface area contributed by atoms with Crippen LogP contribution in [0.15, 0.2) is 0 Å². The van der Waals surface area contributed by atoms with Crippen LogP contribution in [0, 0.1) is 0 Å². The maximum atomic E-state index is 10.2. The monoisotopic (exact) mass is 192 g/mol. The van der Waals surface area contributed by atoms with E-state index in [9.17, 15) is 9.90 Å². The van der Waals surface area contributed by atoms with Crippen molar-refractivity contribution in [3.8, 4) is 0 Å². The summed E-state index contributed by atoms with van der Waals surface area (Å²) in [5, 5.41) is 17.7. The SMILES string of the molecule is CCC(O)CSC(C)CC(=O)O. The van der Waals surface area contributed by atoms with Gasteiger partial charge >= 0.3 is 5.97 Å². The van der Waals surface area contributed by atoms with Crippen molar-refractivity contribution in [1.29, 1.82) is 0 Å². The van der Waals surface area contributed by atoms with Crippen LogP contribution >= 0.6 is 11.8 Å². The van der Waals surface area contributed by atoms with Crippen LogP contribution in [-0.4, -0.2) is 33.3 Å². The largest absolute Gasteiger partial charge is 0.481 e. The van der Waals surface area contributed by atoms with E-state index in [-0.39, 0.29) is 17.8 Å². The molecule has 0 spiro atoms. The number of aliphatic hydroxyl groups excluding tert-OH is 1. The highest BCUT2D eigenvalue weighted by atomic mass is 32.2. The van der Waals surface area contributed by atoms with Gasteiger partial charge in [0.05, 0.1) is 12.5 Å². The molecule has 0 fully saturated rings. The summed E-state index contributed by atoms with van der Waals surface area (Å²) in [6, 6.07) is 0. The number of thioether (sulfide) groups is 1. The predicted octanol–water partition coefficient (Wildman–Crippen LogP) is 1.35. The number of aliphatic carboxylic acids is 1. The van der Waals surface area contributed by atoms with Crippen LogP contribution in [0.4, 0.5) is 0 Å². The van der Waals surface area contributed by atoms with E-state index in [0.29, 0.717) is 5.75 Å². The van der Waals surface area contributed by atoms with Crippen molar-refractivity contribution in [2.24, 2.45) is 0 Å². The lowest BCUT2D eigenvalue weighted by Crippen LogP contribution is -2.13. The molecule has 3 nitrogen and oxygen atoms in total. The zero-order valence-corrected chi connectivity index (χ0v) is 8.30. The molecule has 2 atom stereocenters. The van der Waals surface area contributed by atoms with Gasteiger partial charge in [0.2, 0.25) is 0 Å². The Kier molecular flexibility index (Phi) is 6.20. The van der Waals surface area contributed by atoms with Crippen molar-refractivity contribution < 1.29 is 15.0 Å². The highest BCUT2D eigenvalue weighted by molar-refractivity contribution is 7.99. The Hall–Kier alpha value is -0.220. The second-order valence-electron chi connectivity index (χ2n) is 2.80. The molecule has 0 amide bonds. The number of aliphatic hydroxyl groups is 1. The van der Waals surface area contributed by atoms with Crippen molar-refractivity contribution in [2.75, 3.05) is 5.75 Å². The van der Waals surface area contributed by atoms with E-state index in [0.717, 1.165) is 6.42 Å². The smallest absolute Gasteiger partial charge is 0.304 e. The molecule has 0 aliphatic carbocycles. The molecule has 0 radical (unpaired) electrons. The van der Waals surface area contributed by atoms with Gasteiger partial charge < -0.3 is 10.2 Å². The second kappa shape index (κ2) is 6.31. The summed E-state index contributed by atoms with van der Waals surface area (Å²) in [7, 11) is 0. The zero-order valence-electron chi connectivity index (χ0n) is 7.49. The first-order chi connectivity index (χ1) is 5.56. The molecule has 0 rings (SSSR count). The van der Waals surface area contributed by atoms with Crippen molar-refractivity contribution >= 4 is 17.7 Å². The van der Waals surface area contributed by atoms with Gasteiger partial charge in [-0.25, -0.2) is 0 Å². The van der Waals surface area contributed by atoms with E-state index in [1.807, 2.05) is 13.8 Å². The molecule has 0 saturated heterocycles. The third-order valence-electron chi connectivity index (χ3n) is 1.51. The summed E-state index contributed by atoms with van der Waals surface area (Å²) in [5.41, 5.74) is 0. The van der Waals surface area contributed by atoms with Crippen LogP contribution in [0.1, 0.15) is 26.7 Å². The van der Waals surface area contributed by atoms with Crippen molar-refractivity contribution in [2.45, 2.75) is 38.0 Å². The van der Waals surface area contributed by atoms with E-state index in [1.54, 1.807) is 0 Å². The van der Waals surface area contributed by atoms with Gasteiger partial charge in [-0.1, -0.05) is 13.8 Å². The third kappa shape index (κ3) is 6.49. The molecule has 12 heavy (non-hydrogen) atoms. The molecule has 0 saturated carbocycles. The number of hydrogen-bond acceptors (Lipinski definition) is 3. The summed E-state index contributed by atoms with van der Waals surface area (Å²) >= 11 is 1.51. The molecule has 0 aliphatic rings. The molecule has 72 valence electrons. The minimum Gasteiger partial charge on any atom is -0.481 e. The van der Waals surface area contributed by atoms with Gasteiger partial charge in [-0.05, 0) is 6.42 Å². The summed E-state index contributed by atoms with van der Waals surface area (Å²) in [4.78, 5) is 10.2. The van der Waals surface area contributed by atoms with Gasteiger partial charge in [0.1, 0.15) is 0 Å². The molecular weight excluding hydrogens is 176 g/mol. The lowest BCUT2D eigenvalue weighted by atomic mass is 10.3. The minimum absolute atomic E-state index is 0.0868. The maximum Gasteiger partial charge on any atom is 0.304 e. The van der Waals surface area contributed by atoms with Crippen LogP contribution in [0.25, 0.3) is 0 Å². The summed E-state index contributed by atoms with van der Waals surface area (Å²) < 4.78 is 0. The number of carboxylic acid groups (broad SMARTS) is 1. The molecule has 0 aromatic rings. The topological polar surface area (TPSA) is 57.5 Å². The minimum atomic E-state index is -0.777. The van der Waals surface area contributed by atoms with Crippen molar-refractivity contribution in [1.82, 2.24) is 0 Å². The normalized spacial score (nSPS) is 15.6. The number of rotatable bonds is 6. The molecule has 0 heterocycles. The molecule has 0 aromatic carbocycles. The van der Waals surface area contributed by atoms with Gasteiger partial charge in [-0.15, -0.1) is 0 Å². The van der Waals surface area contributed by atoms with E-state index in [2.05, 4.69) is 0 Å². The summed E-state index contributed by atoms with van der Waals surface area (Å²) in [5.74, 6) is -0.147. The summed E-state index contributed by atoms with van der Waals surface area (Å²) in [6.07, 6.45) is 0.597. The Labute approximate surface area is 77.2 Å². The van der Waals surface area contributed by atoms with Gasteiger partial charge in [0.25, 0.3) is 0 Å². The molecular formula is C8H16O3S. The molecule has 2 N–H and O–H groups in total. The van der Waals surface area contributed by atoms with Gasteiger partial charge in [-0.2, -0.15) is 11.8 Å². The third-order valence-corrected chi connectivity index (χ3v) is 2.82. The van der Waals surface area contributed by atoms with Crippen molar-refractivity contribution in [3.05, 3.63) is 0 Å². The Morgan fingerprint density at radius 2 is 2.17 bits per heavy atom. The molecule has 0 bridgehead atoms. The van der Waals surface area contributed by atoms with Crippen LogP contribution < -0.4 is 0 Å². The second-order valence-corrected chi connectivity index (χ2v) is 4.28. The fraction of sp³-hybridized carbons (Fsp3) is 0.875. The van der Waals surface area contributed by atoms with Gasteiger partial charge in [0, 0.05) is 11.0 Å². The Bertz CT molecular complexity index is 138. The van der Waals surface area contributed by atoms with E-state index >= 15 is 0 Å². The highest BCUT2D eigenvalue weighted by Gasteiger charge is 2.09. The lowest BCUT2D eigenvalue weighted by Gasteiger charge is -2.11. The summed E-state index contributed by atoms with van der Waals surface area (Å²) in [6.45, 7) is 3.77. The molecule has 0 aliphatic heterocycles. The standard InChI is InChI=1S/C8H16O3S/c1-3-7(9)5-12-6(2)4-8(10)11/h6-7,9H,3-5H2,1-2H3,(H,10,11). The lowest BCUT2D eigenvalue weighted by molar-refractivity contribution is -0.136. The predicted molar refractivity (Wildman–Crippen MR) is 50.5 cm³/mol. The van der Waals surface area contributed by atoms with E-state index in [4.69, 9.17) is 5.11 Å². The highest BCUT2D eigenvalue weighted by Crippen LogP contribution is 2.15. The van der Waals surface area contributed by atoms with Crippen LogP contribution in [0.3, 0.4) is 0 Å². The van der Waals surface area contributed by atoms with Crippen LogP contribution in [0.2, 0.25) is 0 Å². The Balaban J connectivity index is 3.43. The fourth-order valence-corrected chi connectivity index (χ4v) is 1.74. The van der Waals surface area contributed by atoms with Crippen LogP contribution in [-0.2, 0) is 4.79 Å². The number of carboxylic acids is 1.